The van der Waals surface area contributed by atoms with Gasteiger partial charge >= 0.3 is 18.9 Å². The van der Waals surface area contributed by atoms with E-state index < -0.39 is 0 Å². The van der Waals surface area contributed by atoms with E-state index in [-0.39, 0.29) is 25.0 Å². The zero-order chi connectivity index (χ0) is 4.28. The Morgan fingerprint density at radius 1 is 1.67 bits per heavy atom. The molecule has 0 radical (unpaired) electrons. The van der Waals surface area contributed by atoms with Crippen molar-refractivity contribution in [3.63, 3.8) is 0 Å². The summed E-state index contributed by atoms with van der Waals surface area (Å²) in [5.74, 6) is 0. The van der Waals surface area contributed by atoms with Crippen molar-refractivity contribution in [1.82, 2.24) is 0 Å². The summed E-state index contributed by atoms with van der Waals surface area (Å²) in [6.07, 6.45) is 0.745. The van der Waals surface area contributed by atoms with Gasteiger partial charge in [0.1, 0.15) is 0 Å². The van der Waals surface area contributed by atoms with Crippen molar-refractivity contribution >= 4 is 18.9 Å². The van der Waals surface area contributed by atoms with Gasteiger partial charge in [-0.25, -0.2) is 0 Å². The van der Waals surface area contributed by atoms with Gasteiger partial charge in [-0.05, 0) is 13.3 Å². The summed E-state index contributed by atoms with van der Waals surface area (Å²) in [6.45, 7) is 3.73. The third kappa shape index (κ3) is 8.82. The van der Waals surface area contributed by atoms with Crippen LogP contribution < -0.4 is 0 Å². The second kappa shape index (κ2) is 5.56. The van der Waals surface area contributed by atoms with E-state index in [1.807, 2.05) is 6.92 Å². The summed E-state index contributed by atoms with van der Waals surface area (Å²) in [7, 11) is 0. The first-order chi connectivity index (χ1) is 2.27. The van der Waals surface area contributed by atoms with Gasteiger partial charge in [-0.1, -0.05) is 6.92 Å². The first kappa shape index (κ1) is 9.75. The fraction of sp³-hybridized carbons (Fsp3) is 1.00. The normalized spacial score (nSPS) is 12.5. The molecule has 6 heavy (non-hydrogen) atoms. The van der Waals surface area contributed by atoms with E-state index in [1.54, 1.807) is 6.92 Å². The maximum absolute atomic E-state index is 8.36. The molecule has 1 nitrogen and oxygen atoms in total. The van der Waals surface area contributed by atoms with E-state index in [4.69, 9.17) is 5.11 Å². The molecule has 0 heterocycles. The molecule has 0 amide bonds. The van der Waals surface area contributed by atoms with Crippen LogP contribution in [0, 0.1) is 0 Å². The average Bonchev–Trinajstić information content (AvgIpc) is 1.38. The van der Waals surface area contributed by atoms with Crippen molar-refractivity contribution in [2.75, 3.05) is 0 Å². The fourth-order valence-electron chi connectivity index (χ4n) is 0. The van der Waals surface area contributed by atoms with E-state index in [9.17, 15) is 0 Å². The third-order valence-electron chi connectivity index (χ3n) is 0.591. The zero-order valence-corrected chi connectivity index (χ0v) is 3.73. The first-order valence-electron chi connectivity index (χ1n) is 1.95. The summed E-state index contributed by atoms with van der Waals surface area (Å²) in [5.41, 5.74) is 0. The van der Waals surface area contributed by atoms with Gasteiger partial charge in [0.15, 0.2) is 0 Å². The number of aliphatic hydroxyl groups excluding tert-OH is 1. The minimum absolute atomic E-state index is 0. The van der Waals surface area contributed by atoms with Gasteiger partial charge in [-0.3, -0.25) is 0 Å². The predicted octanol–water partition coefficient (Wildman–Crippen LogP) is 0.129. The Hall–Kier alpha value is 0.557. The molecule has 1 unspecified atom stereocenters. The number of aliphatic hydroxyl groups is 1. The molecule has 1 atom stereocenters. The van der Waals surface area contributed by atoms with Crippen LogP contribution >= 0.6 is 0 Å². The predicted molar refractivity (Wildman–Crippen MR) is 29.1 cm³/mol. The molecule has 0 aliphatic rings. The molecule has 0 rings (SSSR count). The van der Waals surface area contributed by atoms with Crippen LogP contribution in [0.15, 0.2) is 0 Å². The van der Waals surface area contributed by atoms with Crippen LogP contribution in [0.3, 0.4) is 0 Å². The van der Waals surface area contributed by atoms with Crippen LogP contribution in [-0.4, -0.2) is 30.1 Å². The molecule has 0 saturated heterocycles. The number of rotatable bonds is 1. The third-order valence-corrected chi connectivity index (χ3v) is 0.591. The van der Waals surface area contributed by atoms with Gasteiger partial charge in [-0.2, -0.15) is 0 Å². The second-order valence-corrected chi connectivity index (χ2v) is 1.26. The quantitative estimate of drug-likeness (QED) is 0.446. The summed E-state index contributed by atoms with van der Waals surface area (Å²) >= 11 is 0. The Kier molecular flexibility index (Phi) is 9.03. The monoisotopic (exact) mass is 82.1 g/mol. The molecule has 0 aliphatic heterocycles. The van der Waals surface area contributed by atoms with Crippen molar-refractivity contribution in [2.24, 2.45) is 0 Å². The minimum atomic E-state index is -0.116. The van der Waals surface area contributed by atoms with Crippen LogP contribution in [0.1, 0.15) is 20.3 Å². The van der Waals surface area contributed by atoms with Gasteiger partial charge < -0.3 is 5.11 Å². The molecule has 0 spiro atoms. The van der Waals surface area contributed by atoms with Crippen LogP contribution in [0.25, 0.3) is 0 Å². The summed E-state index contributed by atoms with van der Waals surface area (Å²) in [6, 6.07) is 0. The molecule has 1 N–H and O–H groups in total. The summed E-state index contributed by atoms with van der Waals surface area (Å²) < 4.78 is 0. The number of hydrogen-bond donors (Lipinski definition) is 1. The zero-order valence-electron chi connectivity index (χ0n) is 3.73. The molecule has 0 fully saturated rings. The molecule has 34 valence electrons. The van der Waals surface area contributed by atoms with Crippen LogP contribution in [0.2, 0.25) is 0 Å². The van der Waals surface area contributed by atoms with Gasteiger partial charge in [0.05, 0.1) is 6.10 Å². The van der Waals surface area contributed by atoms with Crippen LogP contribution in [-0.2, 0) is 0 Å². The van der Waals surface area contributed by atoms with E-state index in [2.05, 4.69) is 0 Å². The van der Waals surface area contributed by atoms with E-state index in [0.717, 1.165) is 6.42 Å². The second-order valence-electron chi connectivity index (χ2n) is 1.26. The molecule has 2 heteroatoms. The van der Waals surface area contributed by atoms with Gasteiger partial charge in [0.2, 0.25) is 0 Å². The Balaban J connectivity index is 0. The number of hydrogen-bond acceptors (Lipinski definition) is 1. The molecule has 0 aromatic heterocycles. The molecule has 0 aromatic rings. The van der Waals surface area contributed by atoms with E-state index in [1.165, 1.54) is 0 Å². The Morgan fingerprint density at radius 3 is 1.83 bits per heavy atom. The SMILES string of the molecule is CCC(C)O.[LiH]. The fourth-order valence-corrected chi connectivity index (χ4v) is 0. The Labute approximate surface area is 50.9 Å². The Morgan fingerprint density at radius 2 is 1.83 bits per heavy atom. The van der Waals surface area contributed by atoms with Gasteiger partial charge in [0.25, 0.3) is 0 Å². The molecule has 0 aliphatic carbocycles. The molecular formula is C4H11LiO. The summed E-state index contributed by atoms with van der Waals surface area (Å²) in [4.78, 5) is 0. The first-order valence-corrected chi connectivity index (χ1v) is 1.95. The topological polar surface area (TPSA) is 20.2 Å². The van der Waals surface area contributed by atoms with Crippen molar-refractivity contribution in [3.8, 4) is 0 Å². The van der Waals surface area contributed by atoms with Gasteiger partial charge in [0, 0.05) is 0 Å². The molecular weight excluding hydrogens is 71.0 g/mol. The molecule has 0 bridgehead atoms. The molecule has 0 aromatic carbocycles. The van der Waals surface area contributed by atoms with Crippen LogP contribution in [0.4, 0.5) is 0 Å². The average molecular weight is 82.1 g/mol. The maximum atomic E-state index is 8.36. The van der Waals surface area contributed by atoms with Crippen molar-refractivity contribution in [1.29, 1.82) is 0 Å². The van der Waals surface area contributed by atoms with Crippen molar-refractivity contribution < 1.29 is 5.11 Å². The van der Waals surface area contributed by atoms with Gasteiger partial charge in [-0.15, -0.1) is 0 Å². The Bertz CT molecular complexity index is 21.5. The standard InChI is InChI=1S/C4H10O.Li.H/c1-3-4(2)5;;/h4-5H,3H2,1-2H3;;. The van der Waals surface area contributed by atoms with Crippen LogP contribution in [0.5, 0.6) is 0 Å². The van der Waals surface area contributed by atoms with E-state index in [0.29, 0.717) is 0 Å². The van der Waals surface area contributed by atoms with E-state index >= 15 is 0 Å². The van der Waals surface area contributed by atoms with Crippen molar-refractivity contribution in [3.05, 3.63) is 0 Å². The molecule has 0 saturated carbocycles. The summed E-state index contributed by atoms with van der Waals surface area (Å²) in [5, 5.41) is 8.36. The van der Waals surface area contributed by atoms with Crippen molar-refractivity contribution in [2.45, 2.75) is 26.4 Å².